The summed E-state index contributed by atoms with van der Waals surface area (Å²) in [7, 11) is 0. The van der Waals surface area contributed by atoms with Crippen LogP contribution in [0.2, 0.25) is 0 Å². The van der Waals surface area contributed by atoms with Gasteiger partial charge in [-0.3, -0.25) is 4.79 Å². The maximum atomic E-state index is 12.9. The molecule has 21 heavy (non-hydrogen) atoms. The molecule has 1 fully saturated rings. The van der Waals surface area contributed by atoms with Crippen LogP contribution < -0.4 is 11.1 Å². The van der Waals surface area contributed by atoms with Crippen molar-refractivity contribution in [1.29, 1.82) is 0 Å². The molecule has 0 aliphatic heterocycles. The number of nitrogens with two attached hydrogens (primary N) is 1. The maximum Gasteiger partial charge on any atom is 0.418 e. The van der Waals surface area contributed by atoms with Crippen molar-refractivity contribution in [3.05, 3.63) is 23.8 Å². The standard InChI is InChI=1S/C15H19F3N2O/c16-15(17,18)12-9-11(19)6-7-13(12)20-14(21)8-5-10-3-1-2-4-10/h6-7,9-10H,1-5,8,19H2,(H,20,21). The van der Waals surface area contributed by atoms with Crippen LogP contribution in [0.25, 0.3) is 0 Å². The van der Waals surface area contributed by atoms with Gasteiger partial charge in [0.15, 0.2) is 0 Å². The summed E-state index contributed by atoms with van der Waals surface area (Å²) >= 11 is 0. The van der Waals surface area contributed by atoms with Crippen LogP contribution in [0.3, 0.4) is 0 Å². The van der Waals surface area contributed by atoms with Crippen molar-refractivity contribution in [2.75, 3.05) is 11.1 Å². The number of anilines is 2. The van der Waals surface area contributed by atoms with Gasteiger partial charge in [0.2, 0.25) is 5.91 Å². The molecule has 1 aromatic carbocycles. The highest BCUT2D eigenvalue weighted by atomic mass is 19.4. The largest absolute Gasteiger partial charge is 0.418 e. The first kappa shape index (κ1) is 15.7. The quantitative estimate of drug-likeness (QED) is 0.819. The Hall–Kier alpha value is -1.72. The molecule has 0 atom stereocenters. The van der Waals surface area contributed by atoms with Crippen LogP contribution in [0.15, 0.2) is 18.2 Å². The first-order chi connectivity index (χ1) is 9.86. The van der Waals surface area contributed by atoms with Gasteiger partial charge in [0.05, 0.1) is 11.3 Å². The van der Waals surface area contributed by atoms with Crippen LogP contribution in [0, 0.1) is 5.92 Å². The number of carbonyl (C=O) groups excluding carboxylic acids is 1. The maximum absolute atomic E-state index is 12.9. The van der Waals surface area contributed by atoms with Crippen LogP contribution in [-0.4, -0.2) is 5.91 Å². The van der Waals surface area contributed by atoms with Gasteiger partial charge in [-0.15, -0.1) is 0 Å². The van der Waals surface area contributed by atoms with Gasteiger partial charge in [0.1, 0.15) is 0 Å². The van der Waals surface area contributed by atoms with E-state index in [-0.39, 0.29) is 23.7 Å². The Bertz CT molecular complexity index is 508. The third-order valence-electron chi connectivity index (χ3n) is 3.88. The number of hydrogen-bond donors (Lipinski definition) is 2. The van der Waals surface area contributed by atoms with Crippen molar-refractivity contribution in [3.63, 3.8) is 0 Å². The van der Waals surface area contributed by atoms with Gasteiger partial charge in [-0.1, -0.05) is 25.7 Å². The Morgan fingerprint density at radius 1 is 1.29 bits per heavy atom. The second-order valence-electron chi connectivity index (χ2n) is 5.54. The number of halogens is 3. The third kappa shape index (κ3) is 4.37. The fourth-order valence-corrected chi connectivity index (χ4v) is 2.75. The summed E-state index contributed by atoms with van der Waals surface area (Å²) in [5.74, 6) is 0.154. The van der Waals surface area contributed by atoms with Gasteiger partial charge in [0.25, 0.3) is 0 Å². The molecule has 1 aliphatic rings. The van der Waals surface area contributed by atoms with E-state index in [1.165, 1.54) is 25.0 Å². The lowest BCUT2D eigenvalue weighted by Gasteiger charge is -2.15. The number of alkyl halides is 3. The molecule has 0 aromatic heterocycles. The molecule has 3 N–H and O–H groups in total. The van der Waals surface area contributed by atoms with Gasteiger partial charge in [-0.05, 0) is 30.5 Å². The summed E-state index contributed by atoms with van der Waals surface area (Å²) in [5.41, 5.74) is 4.27. The van der Waals surface area contributed by atoms with E-state index >= 15 is 0 Å². The minimum Gasteiger partial charge on any atom is -0.399 e. The average Bonchev–Trinajstić information content (AvgIpc) is 2.90. The molecule has 3 nitrogen and oxygen atoms in total. The number of nitrogen functional groups attached to an aromatic ring is 1. The second kappa shape index (κ2) is 6.37. The molecular weight excluding hydrogens is 281 g/mol. The highest BCUT2D eigenvalue weighted by molar-refractivity contribution is 5.91. The van der Waals surface area contributed by atoms with E-state index in [0.717, 1.165) is 25.3 Å². The zero-order valence-electron chi connectivity index (χ0n) is 11.7. The summed E-state index contributed by atoms with van der Waals surface area (Å²) < 4.78 is 38.7. The predicted octanol–water partition coefficient (Wildman–Crippen LogP) is 4.20. The summed E-state index contributed by atoms with van der Waals surface area (Å²) in [6.07, 6.45) is 1.05. The van der Waals surface area contributed by atoms with Crippen LogP contribution in [0.5, 0.6) is 0 Å². The first-order valence-corrected chi connectivity index (χ1v) is 7.13. The van der Waals surface area contributed by atoms with E-state index in [9.17, 15) is 18.0 Å². The highest BCUT2D eigenvalue weighted by Crippen LogP contribution is 2.36. The normalized spacial score (nSPS) is 16.1. The molecule has 1 amide bonds. The van der Waals surface area contributed by atoms with Crippen molar-refractivity contribution >= 4 is 17.3 Å². The molecule has 6 heteroatoms. The molecule has 116 valence electrons. The van der Waals surface area contributed by atoms with Crippen molar-refractivity contribution in [3.8, 4) is 0 Å². The monoisotopic (exact) mass is 300 g/mol. The van der Waals surface area contributed by atoms with Gasteiger partial charge < -0.3 is 11.1 Å². The number of carbonyl (C=O) groups is 1. The summed E-state index contributed by atoms with van der Waals surface area (Å²) in [5, 5.41) is 2.35. The topological polar surface area (TPSA) is 55.1 Å². The van der Waals surface area contributed by atoms with Gasteiger partial charge in [-0.2, -0.15) is 13.2 Å². The Morgan fingerprint density at radius 2 is 1.95 bits per heavy atom. The summed E-state index contributed by atoms with van der Waals surface area (Å²) in [6.45, 7) is 0. The molecule has 0 saturated heterocycles. The smallest absolute Gasteiger partial charge is 0.399 e. The van der Waals surface area contributed by atoms with Crippen molar-refractivity contribution in [2.24, 2.45) is 5.92 Å². The minimum absolute atomic E-state index is 0.0197. The van der Waals surface area contributed by atoms with Crippen LogP contribution in [-0.2, 0) is 11.0 Å². The number of amides is 1. The Labute approximate surface area is 121 Å². The molecule has 0 heterocycles. The van der Waals surface area contributed by atoms with E-state index in [1.807, 2.05) is 0 Å². The van der Waals surface area contributed by atoms with Gasteiger partial charge in [-0.25, -0.2) is 0 Å². The van der Waals surface area contributed by atoms with E-state index < -0.39 is 11.7 Å². The molecular formula is C15H19F3N2O. The fraction of sp³-hybridized carbons (Fsp3) is 0.533. The lowest BCUT2D eigenvalue weighted by Crippen LogP contribution is -2.17. The van der Waals surface area contributed by atoms with Crippen LogP contribution >= 0.6 is 0 Å². The molecule has 0 radical (unpaired) electrons. The van der Waals surface area contributed by atoms with E-state index in [2.05, 4.69) is 5.32 Å². The van der Waals surface area contributed by atoms with Crippen molar-refractivity contribution in [2.45, 2.75) is 44.7 Å². The lowest BCUT2D eigenvalue weighted by atomic mass is 10.0. The minimum atomic E-state index is -4.54. The van der Waals surface area contributed by atoms with Crippen LogP contribution in [0.1, 0.15) is 44.1 Å². The molecule has 0 spiro atoms. The molecule has 2 rings (SSSR count). The van der Waals surface area contributed by atoms with Crippen LogP contribution in [0.4, 0.5) is 24.5 Å². The Kier molecular flexibility index (Phi) is 4.75. The molecule has 1 saturated carbocycles. The summed E-state index contributed by atoms with van der Waals surface area (Å²) in [4.78, 5) is 11.8. The van der Waals surface area contributed by atoms with Gasteiger partial charge >= 0.3 is 6.18 Å². The highest BCUT2D eigenvalue weighted by Gasteiger charge is 2.34. The van der Waals surface area contributed by atoms with Crippen molar-refractivity contribution in [1.82, 2.24) is 0 Å². The number of nitrogens with one attached hydrogen (secondary N) is 1. The van der Waals surface area contributed by atoms with Gasteiger partial charge in [0, 0.05) is 12.1 Å². The number of benzene rings is 1. The molecule has 1 aromatic rings. The average molecular weight is 300 g/mol. The SMILES string of the molecule is Nc1ccc(NC(=O)CCC2CCCC2)c(C(F)(F)F)c1. The van der Waals surface area contributed by atoms with E-state index in [4.69, 9.17) is 5.73 Å². The first-order valence-electron chi connectivity index (χ1n) is 7.13. The zero-order chi connectivity index (χ0) is 15.5. The van der Waals surface area contributed by atoms with Crippen molar-refractivity contribution < 1.29 is 18.0 Å². The molecule has 0 unspecified atom stereocenters. The number of hydrogen-bond acceptors (Lipinski definition) is 2. The summed E-state index contributed by atoms with van der Waals surface area (Å²) in [6, 6.07) is 3.39. The molecule has 0 bridgehead atoms. The predicted molar refractivity (Wildman–Crippen MR) is 75.7 cm³/mol. The third-order valence-corrected chi connectivity index (χ3v) is 3.88. The molecule has 1 aliphatic carbocycles. The zero-order valence-corrected chi connectivity index (χ0v) is 11.7. The lowest BCUT2D eigenvalue weighted by molar-refractivity contribution is -0.136. The van der Waals surface area contributed by atoms with E-state index in [1.54, 1.807) is 0 Å². The van der Waals surface area contributed by atoms with E-state index in [0.29, 0.717) is 5.92 Å². The second-order valence-corrected chi connectivity index (χ2v) is 5.54. The fourth-order valence-electron chi connectivity index (χ4n) is 2.75. The Morgan fingerprint density at radius 3 is 2.57 bits per heavy atom. The Balaban J connectivity index is 1.99. The number of rotatable bonds is 4.